The summed E-state index contributed by atoms with van der Waals surface area (Å²) in [6, 6.07) is 5.96. The zero-order valence-electron chi connectivity index (χ0n) is 10.2. The zero-order chi connectivity index (χ0) is 13.7. The van der Waals surface area contributed by atoms with Gasteiger partial charge in [-0.15, -0.1) is 0 Å². The van der Waals surface area contributed by atoms with E-state index in [1.54, 1.807) is 12.1 Å². The highest BCUT2D eigenvalue weighted by molar-refractivity contribution is 5.90. The number of amides is 1. The van der Waals surface area contributed by atoms with Crippen molar-refractivity contribution in [2.24, 2.45) is 0 Å². The highest BCUT2D eigenvalue weighted by atomic mass is 19.1. The maximum atomic E-state index is 13.5. The van der Waals surface area contributed by atoms with Gasteiger partial charge in [-0.05, 0) is 12.1 Å². The summed E-state index contributed by atoms with van der Waals surface area (Å²) >= 11 is 0. The van der Waals surface area contributed by atoms with Crippen molar-refractivity contribution >= 4 is 5.91 Å². The predicted molar refractivity (Wildman–Crippen MR) is 63.9 cm³/mol. The summed E-state index contributed by atoms with van der Waals surface area (Å²) in [5.41, 5.74) is 0.158. The van der Waals surface area contributed by atoms with Gasteiger partial charge in [-0.3, -0.25) is 4.79 Å². The quantitative estimate of drug-likeness (QED) is 0.823. The van der Waals surface area contributed by atoms with E-state index in [4.69, 9.17) is 9.26 Å². The van der Waals surface area contributed by atoms with E-state index in [-0.39, 0.29) is 17.3 Å². The number of carbonyl (C=O) groups is 1. The van der Waals surface area contributed by atoms with Crippen molar-refractivity contribution in [2.75, 3.05) is 20.3 Å². The number of rotatable bonds is 5. The minimum atomic E-state index is -0.497. The van der Waals surface area contributed by atoms with Gasteiger partial charge in [0.2, 0.25) is 0 Å². The number of nitrogens with one attached hydrogen (secondary N) is 1. The normalized spacial score (nSPS) is 10.4. The molecule has 1 heterocycles. The molecular weight excluding hydrogens is 253 g/mol. The summed E-state index contributed by atoms with van der Waals surface area (Å²) in [4.78, 5) is 15.5. The molecular formula is C12H12FN3O3. The van der Waals surface area contributed by atoms with E-state index in [1.807, 2.05) is 0 Å². The lowest BCUT2D eigenvalue weighted by Crippen LogP contribution is -2.27. The highest BCUT2D eigenvalue weighted by Crippen LogP contribution is 2.20. The summed E-state index contributed by atoms with van der Waals surface area (Å²) in [6.45, 7) is 0.711. The molecule has 0 radical (unpaired) electrons. The molecule has 100 valence electrons. The first-order valence-corrected chi connectivity index (χ1v) is 5.58. The van der Waals surface area contributed by atoms with Crippen molar-refractivity contribution in [1.82, 2.24) is 15.5 Å². The van der Waals surface area contributed by atoms with Gasteiger partial charge in [-0.2, -0.15) is 4.98 Å². The fourth-order valence-corrected chi connectivity index (χ4v) is 1.41. The predicted octanol–water partition coefficient (Wildman–Crippen LogP) is 1.25. The molecule has 0 bridgehead atoms. The van der Waals surface area contributed by atoms with Crippen LogP contribution < -0.4 is 5.32 Å². The Labute approximate surface area is 108 Å². The summed E-state index contributed by atoms with van der Waals surface area (Å²) in [6.07, 6.45) is 0. The molecule has 0 aliphatic carbocycles. The van der Waals surface area contributed by atoms with Gasteiger partial charge >= 0.3 is 0 Å². The molecule has 1 N–H and O–H groups in total. The summed E-state index contributed by atoms with van der Waals surface area (Å²) in [5, 5.41) is 6.04. The van der Waals surface area contributed by atoms with Gasteiger partial charge in [0, 0.05) is 13.7 Å². The van der Waals surface area contributed by atoms with Crippen molar-refractivity contribution < 1.29 is 18.4 Å². The molecule has 19 heavy (non-hydrogen) atoms. The van der Waals surface area contributed by atoms with Gasteiger partial charge < -0.3 is 14.6 Å². The van der Waals surface area contributed by atoms with Gasteiger partial charge in [-0.1, -0.05) is 17.3 Å². The third kappa shape index (κ3) is 3.14. The summed E-state index contributed by atoms with van der Waals surface area (Å²) in [5.74, 6) is -1.16. The lowest BCUT2D eigenvalue weighted by Gasteiger charge is -1.99. The molecule has 0 saturated heterocycles. The van der Waals surface area contributed by atoms with E-state index in [1.165, 1.54) is 19.2 Å². The lowest BCUT2D eigenvalue weighted by molar-refractivity contribution is 0.0924. The van der Waals surface area contributed by atoms with Gasteiger partial charge in [0.15, 0.2) is 0 Å². The maximum Gasteiger partial charge on any atom is 0.292 e. The Morgan fingerprint density at radius 2 is 2.26 bits per heavy atom. The first-order chi connectivity index (χ1) is 9.22. The fourth-order valence-electron chi connectivity index (χ4n) is 1.41. The Balaban J connectivity index is 2.11. The Bertz CT molecular complexity index is 571. The van der Waals surface area contributed by atoms with Gasteiger partial charge in [0.25, 0.3) is 17.6 Å². The van der Waals surface area contributed by atoms with Crippen molar-refractivity contribution in [3.8, 4) is 11.5 Å². The summed E-state index contributed by atoms with van der Waals surface area (Å²) in [7, 11) is 1.52. The number of aromatic nitrogens is 2. The first kappa shape index (κ1) is 13.2. The van der Waals surface area contributed by atoms with E-state index in [0.29, 0.717) is 13.2 Å². The average Bonchev–Trinajstić information content (AvgIpc) is 2.89. The van der Waals surface area contributed by atoms with Crippen LogP contribution in [0.1, 0.15) is 10.6 Å². The van der Waals surface area contributed by atoms with E-state index < -0.39 is 11.7 Å². The topological polar surface area (TPSA) is 77.2 Å². The molecule has 1 aromatic carbocycles. The monoisotopic (exact) mass is 265 g/mol. The van der Waals surface area contributed by atoms with Crippen LogP contribution in [0.5, 0.6) is 0 Å². The number of nitrogens with zero attached hydrogens (tertiary/aromatic N) is 2. The molecule has 0 aliphatic rings. The minimum Gasteiger partial charge on any atom is -0.383 e. The first-order valence-electron chi connectivity index (χ1n) is 5.58. The van der Waals surface area contributed by atoms with Gasteiger partial charge in [0.1, 0.15) is 5.82 Å². The average molecular weight is 265 g/mol. The van der Waals surface area contributed by atoms with Crippen LogP contribution in [0.2, 0.25) is 0 Å². The number of halogens is 1. The van der Waals surface area contributed by atoms with Crippen LogP contribution in [0.25, 0.3) is 11.5 Å². The molecule has 2 aromatic rings. The summed E-state index contributed by atoms with van der Waals surface area (Å²) < 4.78 is 23.1. The van der Waals surface area contributed by atoms with Crippen molar-refractivity contribution in [3.05, 3.63) is 35.9 Å². The van der Waals surface area contributed by atoms with Crippen LogP contribution in [0, 0.1) is 5.82 Å². The molecule has 6 nitrogen and oxygen atoms in total. The van der Waals surface area contributed by atoms with Crippen molar-refractivity contribution in [1.29, 1.82) is 0 Å². The third-order valence-electron chi connectivity index (χ3n) is 2.33. The smallest absolute Gasteiger partial charge is 0.292 e. The molecule has 1 amide bonds. The van der Waals surface area contributed by atoms with Gasteiger partial charge in [0.05, 0.1) is 12.2 Å². The SMILES string of the molecule is COCCNC(=O)c1noc(-c2ccccc2F)n1. The van der Waals surface area contributed by atoms with E-state index in [9.17, 15) is 9.18 Å². The second-order valence-corrected chi connectivity index (χ2v) is 3.65. The molecule has 0 saturated carbocycles. The molecule has 0 unspecified atom stereocenters. The number of carbonyl (C=O) groups excluding carboxylic acids is 1. The number of benzene rings is 1. The molecule has 0 aliphatic heterocycles. The molecule has 2 rings (SSSR count). The maximum absolute atomic E-state index is 13.5. The highest BCUT2D eigenvalue weighted by Gasteiger charge is 2.17. The minimum absolute atomic E-state index is 0.0324. The van der Waals surface area contributed by atoms with E-state index in [0.717, 1.165) is 0 Å². The second kappa shape index (κ2) is 6.05. The molecule has 0 fully saturated rings. The van der Waals surface area contributed by atoms with E-state index >= 15 is 0 Å². The van der Waals surface area contributed by atoms with Crippen LogP contribution in [-0.2, 0) is 4.74 Å². The molecule has 1 aromatic heterocycles. The van der Waals surface area contributed by atoms with Crippen LogP contribution >= 0.6 is 0 Å². The third-order valence-corrected chi connectivity index (χ3v) is 2.33. The number of ether oxygens (including phenoxy) is 1. The number of methoxy groups -OCH3 is 1. The van der Waals surface area contributed by atoms with E-state index in [2.05, 4.69) is 15.5 Å². The van der Waals surface area contributed by atoms with Gasteiger partial charge in [-0.25, -0.2) is 4.39 Å². The van der Waals surface area contributed by atoms with Crippen LogP contribution in [-0.4, -0.2) is 36.3 Å². The van der Waals surface area contributed by atoms with Crippen molar-refractivity contribution in [3.63, 3.8) is 0 Å². The fraction of sp³-hybridized carbons (Fsp3) is 0.250. The van der Waals surface area contributed by atoms with Crippen LogP contribution in [0.3, 0.4) is 0 Å². The Morgan fingerprint density at radius 3 is 3.00 bits per heavy atom. The Hall–Kier alpha value is -2.28. The zero-order valence-corrected chi connectivity index (χ0v) is 10.2. The number of hydrogen-bond donors (Lipinski definition) is 1. The molecule has 0 spiro atoms. The Morgan fingerprint density at radius 1 is 1.47 bits per heavy atom. The lowest BCUT2D eigenvalue weighted by atomic mass is 10.2. The second-order valence-electron chi connectivity index (χ2n) is 3.65. The molecule has 7 heteroatoms. The largest absolute Gasteiger partial charge is 0.383 e. The van der Waals surface area contributed by atoms with Crippen LogP contribution in [0.4, 0.5) is 4.39 Å². The number of hydrogen-bond acceptors (Lipinski definition) is 5. The standard InChI is InChI=1S/C12H12FN3O3/c1-18-7-6-14-11(17)10-15-12(19-16-10)8-4-2-3-5-9(8)13/h2-5H,6-7H2,1H3,(H,14,17). The Kier molecular flexibility index (Phi) is 4.19. The molecule has 0 atom stereocenters. The van der Waals surface area contributed by atoms with Crippen molar-refractivity contribution in [2.45, 2.75) is 0 Å². The van der Waals surface area contributed by atoms with Crippen LogP contribution in [0.15, 0.2) is 28.8 Å².